The molecule has 0 saturated carbocycles. The Bertz CT molecular complexity index is 453. The molecule has 2 N–H and O–H groups in total. The lowest BCUT2D eigenvalue weighted by molar-refractivity contribution is 0.00878. The summed E-state index contributed by atoms with van der Waals surface area (Å²) >= 11 is 0. The summed E-state index contributed by atoms with van der Waals surface area (Å²) in [6.07, 6.45) is 13.5. The molecular weight excluding hydrogens is 366 g/mol. The molecule has 0 spiro atoms. The van der Waals surface area contributed by atoms with E-state index < -0.39 is 0 Å². The number of nitrogen functional groups attached to an aromatic ring is 1. The van der Waals surface area contributed by atoms with Gasteiger partial charge in [-0.3, -0.25) is 0 Å². The molecule has 0 aliphatic rings. The van der Waals surface area contributed by atoms with E-state index >= 15 is 0 Å². The van der Waals surface area contributed by atoms with E-state index in [1.54, 1.807) is 0 Å². The molecule has 0 aliphatic heterocycles. The second-order valence-electron chi connectivity index (χ2n) is 7.44. The number of nitrogens with two attached hydrogens (primary N) is 1. The van der Waals surface area contributed by atoms with E-state index in [0.717, 1.165) is 24.5 Å². The molecule has 1 aromatic carbocycles. The van der Waals surface area contributed by atoms with Crippen LogP contribution < -0.4 is 10.5 Å². The summed E-state index contributed by atoms with van der Waals surface area (Å²) in [5, 5.41) is 0. The van der Waals surface area contributed by atoms with Gasteiger partial charge in [0.1, 0.15) is 12.4 Å². The van der Waals surface area contributed by atoms with Crippen molar-refractivity contribution in [3.05, 3.63) is 24.3 Å². The van der Waals surface area contributed by atoms with Crippen LogP contribution in [0.2, 0.25) is 0 Å². The number of ether oxygens (including phenoxy) is 4. The number of anilines is 1. The van der Waals surface area contributed by atoms with Crippen LogP contribution in [-0.2, 0) is 14.2 Å². The molecule has 0 fully saturated rings. The number of hydrogen-bond donors (Lipinski definition) is 1. The predicted octanol–water partition coefficient (Wildman–Crippen LogP) is 5.62. The zero-order valence-electron chi connectivity index (χ0n) is 18.5. The van der Waals surface area contributed by atoms with Crippen molar-refractivity contribution in [1.29, 1.82) is 0 Å². The van der Waals surface area contributed by atoms with Crippen molar-refractivity contribution in [2.24, 2.45) is 0 Å². The van der Waals surface area contributed by atoms with Gasteiger partial charge in [0.25, 0.3) is 0 Å². The van der Waals surface area contributed by atoms with Crippen LogP contribution in [0, 0.1) is 0 Å². The maximum atomic E-state index is 5.63. The van der Waals surface area contributed by atoms with Gasteiger partial charge in [0.05, 0.1) is 33.0 Å². The minimum Gasteiger partial charge on any atom is -0.491 e. The van der Waals surface area contributed by atoms with Crippen molar-refractivity contribution in [3.8, 4) is 5.75 Å². The van der Waals surface area contributed by atoms with E-state index in [4.69, 9.17) is 24.7 Å². The average Bonchev–Trinajstić information content (AvgIpc) is 2.73. The molecule has 0 aromatic heterocycles. The average molecular weight is 410 g/mol. The lowest BCUT2D eigenvalue weighted by atomic mass is 10.1. The summed E-state index contributed by atoms with van der Waals surface area (Å²) in [7, 11) is 0. The van der Waals surface area contributed by atoms with Crippen LogP contribution in [0.1, 0.15) is 71.1 Å². The van der Waals surface area contributed by atoms with Crippen molar-refractivity contribution < 1.29 is 18.9 Å². The van der Waals surface area contributed by atoms with Crippen LogP contribution in [0.4, 0.5) is 5.69 Å². The summed E-state index contributed by atoms with van der Waals surface area (Å²) in [6, 6.07) is 7.35. The molecule has 1 rings (SSSR count). The monoisotopic (exact) mass is 409 g/mol. The lowest BCUT2D eigenvalue weighted by Gasteiger charge is -2.08. The van der Waals surface area contributed by atoms with Crippen LogP contribution in [0.25, 0.3) is 0 Å². The lowest BCUT2D eigenvalue weighted by Crippen LogP contribution is -2.13. The summed E-state index contributed by atoms with van der Waals surface area (Å²) in [5.41, 5.74) is 6.36. The Kier molecular flexibility index (Phi) is 17.7. The second kappa shape index (κ2) is 20.0. The molecule has 0 aliphatic carbocycles. The van der Waals surface area contributed by atoms with Gasteiger partial charge >= 0.3 is 0 Å². The fourth-order valence-corrected chi connectivity index (χ4v) is 3.02. The molecule has 1 aromatic rings. The van der Waals surface area contributed by atoms with Crippen molar-refractivity contribution in [3.63, 3.8) is 0 Å². The van der Waals surface area contributed by atoms with E-state index in [9.17, 15) is 0 Å². The maximum absolute atomic E-state index is 5.63. The van der Waals surface area contributed by atoms with Gasteiger partial charge < -0.3 is 24.7 Å². The molecule has 29 heavy (non-hydrogen) atoms. The third-order valence-electron chi connectivity index (χ3n) is 4.76. The quantitative estimate of drug-likeness (QED) is 0.211. The van der Waals surface area contributed by atoms with E-state index in [2.05, 4.69) is 6.92 Å². The third kappa shape index (κ3) is 17.3. The van der Waals surface area contributed by atoms with Crippen molar-refractivity contribution in [2.45, 2.75) is 71.1 Å². The van der Waals surface area contributed by atoms with Crippen molar-refractivity contribution in [1.82, 2.24) is 0 Å². The Balaban J connectivity index is 1.69. The summed E-state index contributed by atoms with van der Waals surface area (Å²) in [5.74, 6) is 0.804. The first kappa shape index (κ1) is 25.7. The summed E-state index contributed by atoms with van der Waals surface area (Å²) < 4.78 is 22.2. The van der Waals surface area contributed by atoms with Crippen LogP contribution in [0.5, 0.6) is 5.75 Å². The van der Waals surface area contributed by atoms with E-state index in [1.165, 1.54) is 57.8 Å². The molecule has 0 amide bonds. The predicted molar refractivity (Wildman–Crippen MR) is 121 cm³/mol. The fourth-order valence-electron chi connectivity index (χ4n) is 3.02. The highest BCUT2D eigenvalue weighted by atomic mass is 16.6. The molecule has 5 nitrogen and oxygen atoms in total. The highest BCUT2D eigenvalue weighted by molar-refractivity contribution is 5.41. The topological polar surface area (TPSA) is 62.9 Å². The van der Waals surface area contributed by atoms with E-state index in [0.29, 0.717) is 39.6 Å². The molecule has 0 bridgehead atoms. The van der Waals surface area contributed by atoms with Gasteiger partial charge in [-0.25, -0.2) is 0 Å². The third-order valence-corrected chi connectivity index (χ3v) is 4.76. The normalized spacial score (nSPS) is 11.1. The Morgan fingerprint density at radius 1 is 0.552 bits per heavy atom. The van der Waals surface area contributed by atoms with Crippen molar-refractivity contribution in [2.75, 3.05) is 52.0 Å². The Labute approximate surface area is 178 Å². The van der Waals surface area contributed by atoms with Gasteiger partial charge in [-0.05, 0) is 30.7 Å². The Morgan fingerprint density at radius 3 is 1.55 bits per heavy atom. The van der Waals surface area contributed by atoms with Crippen LogP contribution in [-0.4, -0.2) is 46.2 Å². The number of unbranched alkanes of at least 4 members (excludes halogenated alkanes) is 9. The largest absolute Gasteiger partial charge is 0.491 e. The number of benzene rings is 1. The Morgan fingerprint density at radius 2 is 1.00 bits per heavy atom. The van der Waals surface area contributed by atoms with Gasteiger partial charge in [-0.1, -0.05) is 64.7 Å². The van der Waals surface area contributed by atoms with E-state index in [-0.39, 0.29) is 0 Å². The second-order valence-corrected chi connectivity index (χ2v) is 7.44. The maximum Gasteiger partial charge on any atom is 0.119 e. The SMILES string of the molecule is CCCCCCCCCCCCOCCOCCOCCOc1ccc(N)cc1. The first-order chi connectivity index (χ1) is 14.3. The molecule has 0 heterocycles. The molecule has 168 valence electrons. The molecule has 0 unspecified atom stereocenters. The minimum absolute atomic E-state index is 0.520. The highest BCUT2D eigenvalue weighted by Crippen LogP contribution is 2.12. The van der Waals surface area contributed by atoms with Gasteiger partial charge in [0.2, 0.25) is 0 Å². The first-order valence-electron chi connectivity index (χ1n) is 11.5. The Hall–Kier alpha value is -1.30. The highest BCUT2D eigenvalue weighted by Gasteiger charge is 1.96. The minimum atomic E-state index is 0.520. The molecule has 5 heteroatoms. The zero-order valence-corrected chi connectivity index (χ0v) is 18.5. The summed E-state index contributed by atoms with van der Waals surface area (Å²) in [4.78, 5) is 0. The number of rotatable bonds is 21. The van der Waals surface area contributed by atoms with Gasteiger partial charge in [-0.2, -0.15) is 0 Å². The van der Waals surface area contributed by atoms with Gasteiger partial charge in [0.15, 0.2) is 0 Å². The van der Waals surface area contributed by atoms with Crippen LogP contribution in [0.15, 0.2) is 24.3 Å². The smallest absolute Gasteiger partial charge is 0.119 e. The van der Waals surface area contributed by atoms with Crippen molar-refractivity contribution >= 4 is 5.69 Å². The van der Waals surface area contributed by atoms with Crippen LogP contribution >= 0.6 is 0 Å². The summed E-state index contributed by atoms with van der Waals surface area (Å²) in [6.45, 7) is 6.63. The zero-order chi connectivity index (χ0) is 20.8. The molecule has 0 radical (unpaired) electrons. The standard InChI is InChI=1S/C24H43NO4/c1-2-3-4-5-6-7-8-9-10-11-16-26-17-18-27-19-20-28-21-22-29-24-14-12-23(25)13-15-24/h12-15H,2-11,16-22,25H2,1H3. The van der Waals surface area contributed by atoms with Gasteiger partial charge in [-0.15, -0.1) is 0 Å². The van der Waals surface area contributed by atoms with Gasteiger partial charge in [0, 0.05) is 12.3 Å². The first-order valence-corrected chi connectivity index (χ1v) is 11.5. The van der Waals surface area contributed by atoms with Crippen LogP contribution in [0.3, 0.4) is 0 Å². The molecule has 0 saturated heterocycles. The van der Waals surface area contributed by atoms with E-state index in [1.807, 2.05) is 24.3 Å². The number of hydrogen-bond acceptors (Lipinski definition) is 5. The molecule has 0 atom stereocenters. The fraction of sp³-hybridized carbons (Fsp3) is 0.750. The molecular formula is C24H43NO4.